The van der Waals surface area contributed by atoms with Crippen molar-refractivity contribution < 1.29 is 9.53 Å². The van der Waals surface area contributed by atoms with Crippen molar-refractivity contribution in [1.29, 1.82) is 0 Å². The second-order valence-corrected chi connectivity index (χ2v) is 8.23. The third-order valence-electron chi connectivity index (χ3n) is 4.09. The highest BCUT2D eigenvalue weighted by Crippen LogP contribution is 2.40. The van der Waals surface area contributed by atoms with E-state index in [1.807, 2.05) is 0 Å². The van der Waals surface area contributed by atoms with E-state index in [1.54, 1.807) is 11.3 Å². The first-order valence-electron chi connectivity index (χ1n) is 8.43. The van der Waals surface area contributed by atoms with Gasteiger partial charge in [0.25, 0.3) is 0 Å². The summed E-state index contributed by atoms with van der Waals surface area (Å²) in [5, 5.41) is 11.6. The van der Waals surface area contributed by atoms with Gasteiger partial charge in [0.05, 0.1) is 7.11 Å². The van der Waals surface area contributed by atoms with Crippen LogP contribution in [-0.4, -0.2) is 33.1 Å². The summed E-state index contributed by atoms with van der Waals surface area (Å²) in [7, 11) is 1.45. The average molecular weight is 366 g/mol. The van der Waals surface area contributed by atoms with Crippen molar-refractivity contribution in [3.05, 3.63) is 28.2 Å². The topological polar surface area (TPSA) is 57.0 Å². The molecule has 0 radical (unpaired) electrons. The molecule has 1 aliphatic rings. The van der Waals surface area contributed by atoms with Crippen LogP contribution >= 0.6 is 23.1 Å². The first-order chi connectivity index (χ1) is 11.7. The molecule has 3 rings (SSSR count). The lowest BCUT2D eigenvalue weighted by molar-refractivity contribution is -0.140. The van der Waals surface area contributed by atoms with Gasteiger partial charge >= 0.3 is 5.97 Å². The van der Waals surface area contributed by atoms with Gasteiger partial charge < -0.3 is 9.30 Å². The first-order valence-corrected chi connectivity index (χ1v) is 10.2. The van der Waals surface area contributed by atoms with Gasteiger partial charge in [0, 0.05) is 17.3 Å². The van der Waals surface area contributed by atoms with Crippen LogP contribution in [0.3, 0.4) is 0 Å². The van der Waals surface area contributed by atoms with Crippen LogP contribution in [0.5, 0.6) is 0 Å². The molecule has 130 valence electrons. The molecule has 2 aromatic heterocycles. The molecule has 2 heterocycles. The summed E-state index contributed by atoms with van der Waals surface area (Å²) in [6, 6.07) is 4.68. The van der Waals surface area contributed by atoms with E-state index < -0.39 is 0 Å². The van der Waals surface area contributed by atoms with Gasteiger partial charge in [-0.15, -0.1) is 21.5 Å². The largest absolute Gasteiger partial charge is 0.468 e. The highest BCUT2D eigenvalue weighted by atomic mass is 32.2. The predicted molar refractivity (Wildman–Crippen MR) is 96.6 cm³/mol. The molecule has 0 aromatic carbocycles. The van der Waals surface area contributed by atoms with Gasteiger partial charge in [0.2, 0.25) is 0 Å². The number of hydrogen-bond donors (Lipinski definition) is 0. The highest BCUT2D eigenvalue weighted by Gasteiger charge is 2.32. The third-order valence-corrected chi connectivity index (χ3v) is 6.17. The Labute approximate surface area is 150 Å². The van der Waals surface area contributed by atoms with Crippen molar-refractivity contribution in [2.75, 3.05) is 7.11 Å². The zero-order valence-corrected chi connectivity index (χ0v) is 15.7. The molecule has 0 spiro atoms. The van der Waals surface area contributed by atoms with E-state index in [-0.39, 0.29) is 11.2 Å². The Balaban J connectivity index is 1.79. The van der Waals surface area contributed by atoms with E-state index >= 15 is 0 Å². The van der Waals surface area contributed by atoms with Crippen LogP contribution in [0.2, 0.25) is 0 Å². The van der Waals surface area contributed by atoms with E-state index in [1.165, 1.54) is 36.6 Å². The molecule has 7 heteroatoms. The quantitative estimate of drug-likeness (QED) is 0.495. The van der Waals surface area contributed by atoms with Gasteiger partial charge in [0.1, 0.15) is 11.1 Å². The number of esters is 1. The molecular weight excluding hydrogens is 342 g/mol. The molecule has 1 aliphatic carbocycles. The minimum Gasteiger partial charge on any atom is -0.468 e. The minimum absolute atomic E-state index is 0.168. The highest BCUT2D eigenvalue weighted by molar-refractivity contribution is 8.00. The number of carbonyl (C=O) groups is 1. The van der Waals surface area contributed by atoms with E-state index in [9.17, 15) is 4.79 Å². The molecule has 0 saturated heterocycles. The van der Waals surface area contributed by atoms with Gasteiger partial charge in [-0.25, -0.2) is 0 Å². The number of rotatable bonds is 9. The second-order valence-electron chi connectivity index (χ2n) is 6.03. The van der Waals surface area contributed by atoms with E-state index in [0.29, 0.717) is 6.04 Å². The van der Waals surface area contributed by atoms with Gasteiger partial charge in [-0.2, -0.15) is 0 Å². The maximum absolute atomic E-state index is 12.1. The molecular formula is C17H23N3O2S2. The maximum atomic E-state index is 12.1. The van der Waals surface area contributed by atoms with Gasteiger partial charge in [-0.3, -0.25) is 4.79 Å². The second kappa shape index (κ2) is 8.16. The lowest BCUT2D eigenvalue weighted by Gasteiger charge is -2.14. The summed E-state index contributed by atoms with van der Waals surface area (Å²) in [5.74, 6) is 0.833. The lowest BCUT2D eigenvalue weighted by atomic mass is 10.2. The van der Waals surface area contributed by atoms with Gasteiger partial charge in [-0.1, -0.05) is 37.6 Å². The fraction of sp³-hybridized carbons (Fsp3) is 0.588. The number of methoxy groups -OCH3 is 1. The molecule has 1 fully saturated rings. The zero-order valence-electron chi connectivity index (χ0n) is 14.1. The summed E-state index contributed by atoms with van der Waals surface area (Å²) in [6.07, 6.45) is 6.02. The Morgan fingerprint density at radius 3 is 2.96 bits per heavy atom. The van der Waals surface area contributed by atoms with Crippen molar-refractivity contribution in [3.63, 3.8) is 0 Å². The summed E-state index contributed by atoms with van der Waals surface area (Å²) in [6.45, 7) is 2.13. The molecule has 5 nitrogen and oxygen atoms in total. The Morgan fingerprint density at radius 1 is 1.50 bits per heavy atom. The van der Waals surface area contributed by atoms with Crippen LogP contribution in [0.25, 0.3) is 0 Å². The maximum Gasteiger partial charge on any atom is 0.319 e. The normalized spacial score (nSPS) is 15.4. The number of thioether (sulfide) groups is 1. The van der Waals surface area contributed by atoms with Gasteiger partial charge in [0.15, 0.2) is 5.16 Å². The van der Waals surface area contributed by atoms with E-state index in [2.05, 4.69) is 39.2 Å². The minimum atomic E-state index is -0.203. The van der Waals surface area contributed by atoms with Crippen LogP contribution in [0, 0.1) is 0 Å². The number of hydrogen-bond acceptors (Lipinski definition) is 6. The number of carbonyl (C=O) groups excluding carboxylic acids is 1. The number of nitrogens with zero attached hydrogens (tertiary/aromatic N) is 3. The SMILES string of the molecule is CCCCC(Sc1nnc(Cc2cccs2)n1C1CC1)C(=O)OC. The standard InChI is InChI=1S/C17H23N3O2S2/c1-3-4-7-14(16(21)22-2)24-17-19-18-15(20(17)12-8-9-12)11-13-6-5-10-23-13/h5-6,10,12,14H,3-4,7-9,11H2,1-2H3. The third kappa shape index (κ3) is 4.19. The molecule has 0 amide bonds. The smallest absolute Gasteiger partial charge is 0.319 e. The molecule has 1 atom stereocenters. The zero-order chi connectivity index (χ0) is 16.9. The summed E-state index contributed by atoms with van der Waals surface area (Å²) in [5.41, 5.74) is 0. The van der Waals surface area contributed by atoms with Crippen LogP contribution in [-0.2, 0) is 16.0 Å². The number of ether oxygens (including phenoxy) is 1. The van der Waals surface area contributed by atoms with Crippen molar-refractivity contribution in [3.8, 4) is 0 Å². The fourth-order valence-corrected chi connectivity index (χ4v) is 4.54. The van der Waals surface area contributed by atoms with E-state index in [0.717, 1.165) is 36.7 Å². The summed E-state index contributed by atoms with van der Waals surface area (Å²) in [4.78, 5) is 13.4. The molecule has 0 bridgehead atoms. The van der Waals surface area contributed by atoms with Crippen LogP contribution in [0.15, 0.2) is 22.7 Å². The van der Waals surface area contributed by atoms with Crippen molar-refractivity contribution in [2.24, 2.45) is 0 Å². The molecule has 1 saturated carbocycles. The predicted octanol–water partition coefficient (Wildman–Crippen LogP) is 4.09. The summed E-state index contributed by atoms with van der Waals surface area (Å²) < 4.78 is 7.22. The van der Waals surface area contributed by atoms with E-state index in [4.69, 9.17) is 4.74 Å². The van der Waals surface area contributed by atoms with Gasteiger partial charge in [-0.05, 0) is 30.7 Å². The number of unbranched alkanes of at least 4 members (excludes halogenated alkanes) is 1. The van der Waals surface area contributed by atoms with Crippen LogP contribution in [0.1, 0.15) is 55.8 Å². The Kier molecular flexibility index (Phi) is 5.94. The Morgan fingerprint density at radius 2 is 2.33 bits per heavy atom. The van der Waals surface area contributed by atoms with Crippen molar-refractivity contribution >= 4 is 29.1 Å². The molecule has 1 unspecified atom stereocenters. The first kappa shape index (κ1) is 17.5. The molecule has 0 aliphatic heterocycles. The number of aromatic nitrogens is 3. The Hall–Kier alpha value is -1.34. The fourth-order valence-electron chi connectivity index (χ4n) is 2.65. The molecule has 24 heavy (non-hydrogen) atoms. The van der Waals surface area contributed by atoms with Crippen LogP contribution < -0.4 is 0 Å². The average Bonchev–Trinajstić information content (AvgIpc) is 3.15. The van der Waals surface area contributed by atoms with Crippen LogP contribution in [0.4, 0.5) is 0 Å². The Bertz CT molecular complexity index is 665. The molecule has 2 aromatic rings. The van der Waals surface area contributed by atoms with Crippen molar-refractivity contribution in [2.45, 2.75) is 61.9 Å². The number of thiophene rings is 1. The summed E-state index contributed by atoms with van der Waals surface area (Å²) >= 11 is 3.25. The monoisotopic (exact) mass is 365 g/mol. The lowest BCUT2D eigenvalue weighted by Crippen LogP contribution is -2.19. The molecule has 0 N–H and O–H groups in total. The van der Waals surface area contributed by atoms with Crippen molar-refractivity contribution in [1.82, 2.24) is 14.8 Å².